The summed E-state index contributed by atoms with van der Waals surface area (Å²) in [4.78, 5) is 15.9. The lowest BCUT2D eigenvalue weighted by molar-refractivity contribution is 0.272. The van der Waals surface area contributed by atoms with Gasteiger partial charge in [0.2, 0.25) is 0 Å². The molecule has 0 aliphatic carbocycles. The van der Waals surface area contributed by atoms with Crippen LogP contribution in [-0.2, 0) is 6.42 Å². The Labute approximate surface area is 142 Å². The normalized spacial score (nSPS) is 18.3. The van der Waals surface area contributed by atoms with Gasteiger partial charge in [0.1, 0.15) is 0 Å². The minimum Gasteiger partial charge on any atom is -0.300 e. The summed E-state index contributed by atoms with van der Waals surface area (Å²) in [5.74, 6) is 0.731. The zero-order chi connectivity index (χ0) is 16.4. The zero-order valence-corrected chi connectivity index (χ0v) is 14.0. The summed E-state index contributed by atoms with van der Waals surface area (Å²) in [5, 5.41) is 1.11. The minimum atomic E-state index is 0.731. The highest BCUT2D eigenvalue weighted by molar-refractivity contribution is 5.80. The topological polar surface area (TPSA) is 41.9 Å². The third-order valence-corrected chi connectivity index (χ3v) is 4.94. The lowest BCUT2D eigenvalue weighted by atomic mass is 10.1. The van der Waals surface area contributed by atoms with Crippen LogP contribution in [0.4, 0.5) is 0 Å². The average Bonchev–Trinajstić information content (AvgIpc) is 3.05. The Morgan fingerprint density at radius 3 is 2.96 bits per heavy atom. The van der Waals surface area contributed by atoms with Gasteiger partial charge in [0.15, 0.2) is 5.82 Å². The maximum atomic E-state index is 4.67. The van der Waals surface area contributed by atoms with Gasteiger partial charge >= 0.3 is 0 Å². The maximum absolute atomic E-state index is 4.67. The van der Waals surface area contributed by atoms with Crippen molar-refractivity contribution in [2.24, 2.45) is 0 Å². The standard InChI is InChI=1S/C20H22N4/c1-15-4-3-10-24(15)11-8-16-6-7-19-18(12-16)14-22-20(23-19)17-5-2-9-21-13-17/h2,5-7,9,12-15H,3-4,8,10-11H2,1H3/t15-/m0/s1. The third kappa shape index (κ3) is 3.15. The van der Waals surface area contributed by atoms with Gasteiger partial charge in [0.25, 0.3) is 0 Å². The van der Waals surface area contributed by atoms with Gasteiger partial charge in [-0.1, -0.05) is 6.07 Å². The summed E-state index contributed by atoms with van der Waals surface area (Å²) in [6, 6.07) is 11.2. The number of aromatic nitrogens is 3. The summed E-state index contributed by atoms with van der Waals surface area (Å²) in [6.07, 6.45) is 9.24. The van der Waals surface area contributed by atoms with Crippen molar-refractivity contribution in [3.8, 4) is 11.4 Å². The first-order valence-electron chi connectivity index (χ1n) is 8.70. The zero-order valence-electron chi connectivity index (χ0n) is 14.0. The van der Waals surface area contributed by atoms with E-state index in [1.807, 2.05) is 18.3 Å². The molecule has 122 valence electrons. The predicted octanol–water partition coefficient (Wildman–Crippen LogP) is 3.72. The van der Waals surface area contributed by atoms with E-state index in [2.05, 4.69) is 45.0 Å². The Hall–Kier alpha value is -2.33. The molecule has 1 aliphatic heterocycles. The molecule has 0 spiro atoms. The Morgan fingerprint density at radius 2 is 2.17 bits per heavy atom. The highest BCUT2D eigenvalue weighted by atomic mass is 15.2. The highest BCUT2D eigenvalue weighted by Crippen LogP contribution is 2.20. The summed E-state index contributed by atoms with van der Waals surface area (Å²) < 4.78 is 0. The van der Waals surface area contributed by atoms with Gasteiger partial charge in [-0.15, -0.1) is 0 Å². The van der Waals surface area contributed by atoms with Crippen molar-refractivity contribution in [2.75, 3.05) is 13.1 Å². The first kappa shape index (κ1) is 15.2. The van der Waals surface area contributed by atoms with E-state index in [9.17, 15) is 0 Å². The number of pyridine rings is 1. The van der Waals surface area contributed by atoms with Crippen LogP contribution in [0.1, 0.15) is 25.3 Å². The van der Waals surface area contributed by atoms with Gasteiger partial charge in [-0.25, -0.2) is 9.97 Å². The van der Waals surface area contributed by atoms with Crippen LogP contribution in [0.5, 0.6) is 0 Å². The SMILES string of the molecule is C[C@H]1CCCN1CCc1ccc2nc(-c3cccnc3)ncc2c1. The molecule has 1 aliphatic rings. The second-order valence-corrected chi connectivity index (χ2v) is 6.61. The molecule has 1 atom stereocenters. The van der Waals surface area contributed by atoms with E-state index in [-0.39, 0.29) is 0 Å². The molecule has 0 saturated carbocycles. The number of hydrogen-bond acceptors (Lipinski definition) is 4. The summed E-state index contributed by atoms with van der Waals surface area (Å²) in [6.45, 7) is 4.72. The maximum Gasteiger partial charge on any atom is 0.161 e. The van der Waals surface area contributed by atoms with E-state index >= 15 is 0 Å². The van der Waals surface area contributed by atoms with Crippen molar-refractivity contribution in [1.29, 1.82) is 0 Å². The first-order valence-corrected chi connectivity index (χ1v) is 8.70. The number of likely N-dealkylation sites (tertiary alicyclic amines) is 1. The van der Waals surface area contributed by atoms with Gasteiger partial charge in [0.05, 0.1) is 5.52 Å². The van der Waals surface area contributed by atoms with Crippen LogP contribution in [0, 0.1) is 0 Å². The number of fused-ring (bicyclic) bond motifs is 1. The molecule has 1 aromatic carbocycles. The highest BCUT2D eigenvalue weighted by Gasteiger charge is 2.19. The molecule has 3 heterocycles. The Morgan fingerprint density at radius 1 is 1.21 bits per heavy atom. The number of rotatable bonds is 4. The molecule has 4 nitrogen and oxygen atoms in total. The quantitative estimate of drug-likeness (QED) is 0.735. The monoisotopic (exact) mass is 318 g/mol. The average molecular weight is 318 g/mol. The molecular weight excluding hydrogens is 296 g/mol. The second-order valence-electron chi connectivity index (χ2n) is 6.61. The van der Waals surface area contributed by atoms with Crippen LogP contribution in [0.3, 0.4) is 0 Å². The number of benzene rings is 1. The molecule has 1 fully saturated rings. The summed E-state index contributed by atoms with van der Waals surface area (Å²) in [7, 11) is 0. The van der Waals surface area contributed by atoms with E-state index in [0.29, 0.717) is 0 Å². The predicted molar refractivity (Wildman–Crippen MR) is 96.7 cm³/mol. The fraction of sp³-hybridized carbons (Fsp3) is 0.350. The van der Waals surface area contributed by atoms with Crippen molar-refractivity contribution in [2.45, 2.75) is 32.2 Å². The van der Waals surface area contributed by atoms with E-state index in [0.717, 1.165) is 41.3 Å². The number of hydrogen-bond donors (Lipinski definition) is 0. The second kappa shape index (κ2) is 6.65. The van der Waals surface area contributed by atoms with E-state index < -0.39 is 0 Å². The van der Waals surface area contributed by atoms with Crippen LogP contribution in [0.15, 0.2) is 48.9 Å². The van der Waals surface area contributed by atoms with Crippen molar-refractivity contribution in [1.82, 2.24) is 19.9 Å². The molecule has 4 rings (SSSR count). The van der Waals surface area contributed by atoms with E-state index in [1.165, 1.54) is 24.9 Å². The van der Waals surface area contributed by atoms with Crippen LogP contribution in [0.25, 0.3) is 22.3 Å². The third-order valence-electron chi connectivity index (χ3n) is 4.94. The Kier molecular flexibility index (Phi) is 4.22. The minimum absolute atomic E-state index is 0.731. The van der Waals surface area contributed by atoms with Gasteiger partial charge in [0, 0.05) is 42.1 Å². The van der Waals surface area contributed by atoms with Crippen LogP contribution in [0.2, 0.25) is 0 Å². The molecule has 1 saturated heterocycles. The lowest BCUT2D eigenvalue weighted by Crippen LogP contribution is -2.28. The van der Waals surface area contributed by atoms with E-state index in [1.54, 1.807) is 12.4 Å². The lowest BCUT2D eigenvalue weighted by Gasteiger charge is -2.20. The number of nitrogens with zero attached hydrogens (tertiary/aromatic N) is 4. The van der Waals surface area contributed by atoms with Gasteiger partial charge < -0.3 is 4.90 Å². The van der Waals surface area contributed by atoms with Gasteiger partial charge in [-0.3, -0.25) is 4.98 Å². The molecule has 0 amide bonds. The molecule has 24 heavy (non-hydrogen) atoms. The summed E-state index contributed by atoms with van der Waals surface area (Å²) >= 11 is 0. The molecule has 4 heteroatoms. The van der Waals surface area contributed by atoms with Crippen molar-refractivity contribution in [3.63, 3.8) is 0 Å². The van der Waals surface area contributed by atoms with Gasteiger partial charge in [-0.05, 0) is 62.6 Å². The Bertz CT molecular complexity index is 831. The van der Waals surface area contributed by atoms with Crippen LogP contribution < -0.4 is 0 Å². The van der Waals surface area contributed by atoms with Crippen molar-refractivity contribution in [3.05, 3.63) is 54.5 Å². The smallest absolute Gasteiger partial charge is 0.161 e. The first-order chi connectivity index (χ1) is 11.8. The molecule has 0 unspecified atom stereocenters. The summed E-state index contributed by atoms with van der Waals surface area (Å²) in [5.41, 5.74) is 3.30. The molecule has 2 aromatic heterocycles. The van der Waals surface area contributed by atoms with Crippen LogP contribution >= 0.6 is 0 Å². The van der Waals surface area contributed by atoms with Crippen LogP contribution in [-0.4, -0.2) is 39.0 Å². The molecule has 3 aromatic rings. The molecule has 0 N–H and O–H groups in total. The molecule has 0 bridgehead atoms. The van der Waals surface area contributed by atoms with E-state index in [4.69, 9.17) is 0 Å². The Balaban J connectivity index is 1.53. The van der Waals surface area contributed by atoms with Crippen molar-refractivity contribution < 1.29 is 0 Å². The fourth-order valence-corrected chi connectivity index (χ4v) is 3.47. The largest absolute Gasteiger partial charge is 0.300 e. The molecular formula is C20H22N4. The van der Waals surface area contributed by atoms with Gasteiger partial charge in [-0.2, -0.15) is 0 Å². The van der Waals surface area contributed by atoms with Crippen molar-refractivity contribution >= 4 is 10.9 Å². The fourth-order valence-electron chi connectivity index (χ4n) is 3.47. The molecule has 0 radical (unpaired) electrons.